The molecule has 3 aromatic heterocycles. The number of hydrogen-bond acceptors (Lipinski definition) is 3. The highest BCUT2D eigenvalue weighted by atomic mass is 15.4. The third-order valence-corrected chi connectivity index (χ3v) is 4.17. The average Bonchev–Trinajstić information content (AvgIpc) is 3.10. The fraction of sp³-hybridized carbons (Fsp3) is 0.211. The van der Waals surface area contributed by atoms with Gasteiger partial charge < -0.3 is 0 Å². The van der Waals surface area contributed by atoms with Crippen LogP contribution in [-0.2, 0) is 0 Å². The third-order valence-electron chi connectivity index (χ3n) is 4.17. The third kappa shape index (κ3) is 2.29. The molecule has 4 rings (SSSR count). The second kappa shape index (κ2) is 5.30. The molecule has 0 amide bonds. The minimum absolute atomic E-state index is 0.849. The van der Waals surface area contributed by atoms with Crippen molar-refractivity contribution in [1.29, 1.82) is 0 Å². The van der Waals surface area contributed by atoms with E-state index in [1.165, 1.54) is 5.56 Å². The van der Waals surface area contributed by atoms with E-state index in [4.69, 9.17) is 4.98 Å². The molecule has 5 heteroatoms. The molecule has 3 heterocycles. The van der Waals surface area contributed by atoms with Crippen molar-refractivity contribution in [1.82, 2.24) is 24.4 Å². The van der Waals surface area contributed by atoms with Gasteiger partial charge in [-0.2, -0.15) is 14.7 Å². The largest absolute Gasteiger partial charge is 0.233 e. The molecule has 0 aliphatic heterocycles. The molecule has 5 nitrogen and oxygen atoms in total. The Balaban J connectivity index is 1.98. The SMILES string of the molecule is Cc1ccc(-c2cnn3c(-n4nc(C)cc4C)cc(C)nc23)cc1. The van der Waals surface area contributed by atoms with Gasteiger partial charge in [0.1, 0.15) is 0 Å². The molecule has 0 unspecified atom stereocenters. The Morgan fingerprint density at radius 3 is 2.29 bits per heavy atom. The van der Waals surface area contributed by atoms with Crippen molar-refractivity contribution in [3.63, 3.8) is 0 Å². The summed E-state index contributed by atoms with van der Waals surface area (Å²) in [4.78, 5) is 4.72. The lowest BCUT2D eigenvalue weighted by atomic mass is 10.1. The summed E-state index contributed by atoms with van der Waals surface area (Å²) in [7, 11) is 0. The summed E-state index contributed by atoms with van der Waals surface area (Å²) in [5.74, 6) is 0.904. The summed E-state index contributed by atoms with van der Waals surface area (Å²) in [5.41, 5.74) is 7.24. The smallest absolute Gasteiger partial charge is 0.165 e. The van der Waals surface area contributed by atoms with Crippen molar-refractivity contribution >= 4 is 5.65 Å². The lowest BCUT2D eigenvalue weighted by Gasteiger charge is -2.09. The van der Waals surface area contributed by atoms with Crippen LogP contribution in [0.5, 0.6) is 0 Å². The first-order chi connectivity index (χ1) is 11.5. The van der Waals surface area contributed by atoms with Crippen LogP contribution < -0.4 is 0 Å². The number of aromatic nitrogens is 5. The highest BCUT2D eigenvalue weighted by Gasteiger charge is 2.15. The zero-order valence-electron chi connectivity index (χ0n) is 14.3. The van der Waals surface area contributed by atoms with Crippen LogP contribution in [0, 0.1) is 27.7 Å². The molecule has 0 spiro atoms. The highest BCUT2D eigenvalue weighted by molar-refractivity contribution is 5.77. The summed E-state index contributed by atoms with van der Waals surface area (Å²) < 4.78 is 3.78. The van der Waals surface area contributed by atoms with Gasteiger partial charge in [-0.3, -0.25) is 0 Å². The van der Waals surface area contributed by atoms with Gasteiger partial charge in [-0.05, 0) is 39.3 Å². The van der Waals surface area contributed by atoms with E-state index in [-0.39, 0.29) is 0 Å². The van der Waals surface area contributed by atoms with E-state index in [1.807, 2.05) is 42.2 Å². The van der Waals surface area contributed by atoms with Crippen molar-refractivity contribution in [2.45, 2.75) is 27.7 Å². The minimum Gasteiger partial charge on any atom is -0.233 e. The van der Waals surface area contributed by atoms with Gasteiger partial charge in [-0.15, -0.1) is 0 Å². The number of fused-ring (bicyclic) bond motifs is 1. The van der Waals surface area contributed by atoms with Gasteiger partial charge >= 0.3 is 0 Å². The van der Waals surface area contributed by atoms with Crippen molar-refractivity contribution in [2.24, 2.45) is 0 Å². The zero-order valence-corrected chi connectivity index (χ0v) is 14.3. The van der Waals surface area contributed by atoms with E-state index in [0.717, 1.165) is 39.7 Å². The van der Waals surface area contributed by atoms with Gasteiger partial charge in [-0.1, -0.05) is 29.8 Å². The lowest BCUT2D eigenvalue weighted by molar-refractivity contribution is 0.753. The topological polar surface area (TPSA) is 48.0 Å². The Kier molecular flexibility index (Phi) is 3.23. The molecule has 0 fully saturated rings. The highest BCUT2D eigenvalue weighted by Crippen LogP contribution is 2.26. The number of nitrogens with zero attached hydrogens (tertiary/aromatic N) is 5. The van der Waals surface area contributed by atoms with Gasteiger partial charge in [0.25, 0.3) is 0 Å². The fourth-order valence-corrected chi connectivity index (χ4v) is 3.01. The molecule has 0 aliphatic rings. The van der Waals surface area contributed by atoms with Crippen LogP contribution in [0.2, 0.25) is 0 Å². The standard InChI is InChI=1S/C19H19N5/c1-12-5-7-16(8-6-12)17-11-20-24-18(10-13(2)21-19(17)24)23-15(4)9-14(3)22-23/h5-11H,1-4H3. The van der Waals surface area contributed by atoms with Crippen LogP contribution in [0.4, 0.5) is 0 Å². The van der Waals surface area contributed by atoms with E-state index < -0.39 is 0 Å². The van der Waals surface area contributed by atoms with Gasteiger partial charge in [0, 0.05) is 23.0 Å². The Labute approximate surface area is 140 Å². The van der Waals surface area contributed by atoms with Crippen LogP contribution in [0.25, 0.3) is 22.6 Å². The zero-order chi connectivity index (χ0) is 16.8. The minimum atomic E-state index is 0.849. The quantitative estimate of drug-likeness (QED) is 0.565. The van der Waals surface area contributed by atoms with Crippen molar-refractivity contribution in [2.75, 3.05) is 0 Å². The maximum Gasteiger partial charge on any atom is 0.165 e. The van der Waals surface area contributed by atoms with Crippen LogP contribution in [0.1, 0.15) is 22.6 Å². The molecule has 1 aromatic carbocycles. The predicted molar refractivity (Wildman–Crippen MR) is 94.5 cm³/mol. The molecule has 0 bridgehead atoms. The summed E-state index contributed by atoms with van der Waals surface area (Å²) in [5, 5.41) is 9.17. The van der Waals surface area contributed by atoms with Gasteiger partial charge in [0.15, 0.2) is 11.5 Å². The van der Waals surface area contributed by atoms with Gasteiger partial charge in [0.05, 0.1) is 11.9 Å². The summed E-state index contributed by atoms with van der Waals surface area (Å²) in [6, 6.07) is 12.5. The van der Waals surface area contributed by atoms with Crippen LogP contribution in [0.3, 0.4) is 0 Å². The fourth-order valence-electron chi connectivity index (χ4n) is 3.01. The second-order valence-electron chi connectivity index (χ2n) is 6.25. The normalized spacial score (nSPS) is 11.3. The summed E-state index contributed by atoms with van der Waals surface area (Å²) in [6.07, 6.45) is 1.88. The molecular formula is C19H19N5. The molecule has 0 aliphatic carbocycles. The molecule has 0 atom stereocenters. The van der Waals surface area contributed by atoms with E-state index in [1.54, 1.807) is 0 Å². The lowest BCUT2D eigenvalue weighted by Crippen LogP contribution is -2.08. The first kappa shape index (κ1) is 14.6. The first-order valence-electron chi connectivity index (χ1n) is 7.99. The van der Waals surface area contributed by atoms with Gasteiger partial charge in [0.2, 0.25) is 0 Å². The van der Waals surface area contributed by atoms with Crippen molar-refractivity contribution < 1.29 is 0 Å². The first-order valence-corrected chi connectivity index (χ1v) is 7.99. The predicted octanol–water partition coefficient (Wildman–Crippen LogP) is 3.82. The van der Waals surface area contributed by atoms with Crippen molar-refractivity contribution in [3.05, 3.63) is 65.2 Å². The average molecular weight is 317 g/mol. The molecule has 24 heavy (non-hydrogen) atoms. The molecule has 4 aromatic rings. The number of rotatable bonds is 2. The summed E-state index contributed by atoms with van der Waals surface area (Å²) in [6.45, 7) is 8.13. The molecule has 0 saturated heterocycles. The Morgan fingerprint density at radius 2 is 1.62 bits per heavy atom. The number of benzene rings is 1. The van der Waals surface area contributed by atoms with Crippen LogP contribution >= 0.6 is 0 Å². The van der Waals surface area contributed by atoms with Crippen LogP contribution in [-0.4, -0.2) is 24.4 Å². The maximum absolute atomic E-state index is 4.72. The van der Waals surface area contributed by atoms with E-state index in [0.29, 0.717) is 0 Å². The van der Waals surface area contributed by atoms with Crippen LogP contribution in [0.15, 0.2) is 42.6 Å². The monoisotopic (exact) mass is 317 g/mol. The van der Waals surface area contributed by atoms with Crippen molar-refractivity contribution in [3.8, 4) is 16.9 Å². The Hall–Kier alpha value is -2.95. The summed E-state index contributed by atoms with van der Waals surface area (Å²) >= 11 is 0. The Bertz CT molecular complexity index is 1040. The molecule has 120 valence electrons. The molecule has 0 N–H and O–H groups in total. The molecule has 0 saturated carbocycles. The Morgan fingerprint density at radius 1 is 0.875 bits per heavy atom. The number of hydrogen-bond donors (Lipinski definition) is 0. The van der Waals surface area contributed by atoms with E-state index >= 15 is 0 Å². The molecule has 0 radical (unpaired) electrons. The molecular weight excluding hydrogens is 298 g/mol. The second-order valence-corrected chi connectivity index (χ2v) is 6.25. The van der Waals surface area contributed by atoms with E-state index in [2.05, 4.69) is 47.5 Å². The number of aryl methyl sites for hydroxylation is 4. The van der Waals surface area contributed by atoms with E-state index in [9.17, 15) is 0 Å². The maximum atomic E-state index is 4.72. The van der Waals surface area contributed by atoms with Gasteiger partial charge in [-0.25, -0.2) is 9.67 Å².